The Morgan fingerprint density at radius 2 is 2.00 bits per heavy atom. The first kappa shape index (κ1) is 19.2. The van der Waals surface area contributed by atoms with Crippen LogP contribution in [-0.2, 0) is 21.9 Å². The van der Waals surface area contributed by atoms with E-state index in [9.17, 15) is 8.42 Å². The molecule has 1 atom stereocenters. The highest BCUT2D eigenvalue weighted by atomic mass is 32.2. The Hall–Kier alpha value is -1.60. The van der Waals surface area contributed by atoms with Gasteiger partial charge in [-0.2, -0.15) is 0 Å². The van der Waals surface area contributed by atoms with E-state index < -0.39 is 10.0 Å². The minimum atomic E-state index is -3.15. The maximum atomic E-state index is 11.2. The van der Waals surface area contributed by atoms with E-state index in [-0.39, 0.29) is 5.41 Å². The number of nitrogens with zero attached hydrogens (tertiary/aromatic N) is 2. The highest BCUT2D eigenvalue weighted by Crippen LogP contribution is 2.43. The zero-order chi connectivity index (χ0) is 18.6. The molecule has 3 rings (SSSR count). The molecule has 1 aromatic carbocycles. The normalized spacial score (nSPS) is 23.8. The molecule has 0 saturated carbocycles. The van der Waals surface area contributed by atoms with E-state index in [0.29, 0.717) is 13.1 Å². The van der Waals surface area contributed by atoms with Crippen molar-refractivity contribution in [3.8, 4) is 0 Å². The number of likely N-dealkylation sites (tertiary alicyclic amines) is 1. The van der Waals surface area contributed by atoms with Gasteiger partial charge in [-0.05, 0) is 43.2 Å². The molecule has 0 radical (unpaired) electrons. The predicted octanol–water partition coefficient (Wildman–Crippen LogP) is 1.48. The fourth-order valence-corrected chi connectivity index (χ4v) is 4.96. The van der Waals surface area contributed by atoms with Gasteiger partial charge in [-0.3, -0.25) is 4.99 Å². The van der Waals surface area contributed by atoms with Crippen molar-refractivity contribution in [2.75, 3.05) is 39.5 Å². The van der Waals surface area contributed by atoms with Gasteiger partial charge in [0.25, 0.3) is 0 Å². The molecular formula is C19H30N4O2S. The molecule has 1 aliphatic heterocycles. The predicted molar refractivity (Wildman–Crippen MR) is 106 cm³/mol. The van der Waals surface area contributed by atoms with E-state index in [1.165, 1.54) is 43.1 Å². The lowest BCUT2D eigenvalue weighted by Gasteiger charge is -2.47. The summed E-state index contributed by atoms with van der Waals surface area (Å²) in [6.07, 6.45) is 7.21. The summed E-state index contributed by atoms with van der Waals surface area (Å²) in [5.74, 6) is 0.863. The molecule has 2 aliphatic rings. The lowest BCUT2D eigenvalue weighted by atomic mass is 9.66. The topological polar surface area (TPSA) is 73.8 Å². The first-order valence-electron chi connectivity index (χ1n) is 9.42. The third-order valence-corrected chi connectivity index (χ3v) is 6.28. The highest BCUT2D eigenvalue weighted by molar-refractivity contribution is 7.88. The summed E-state index contributed by atoms with van der Waals surface area (Å²) in [5.41, 5.74) is 3.24. The number of hydrogen-bond acceptors (Lipinski definition) is 3. The Kier molecular flexibility index (Phi) is 5.87. The van der Waals surface area contributed by atoms with Crippen LogP contribution in [0.1, 0.15) is 36.8 Å². The standard InChI is InChI=1S/C19H30N4O2S/c1-20-18(21-12-13-22-26(2,24)25)23-14-6-11-19(15-23)10-5-8-16-7-3-4-9-17(16)19/h3-4,7,9,22H,5-6,8,10-15H2,1-2H3,(H,20,21). The Balaban J connectivity index is 1.68. The van der Waals surface area contributed by atoms with Crippen molar-refractivity contribution in [3.05, 3.63) is 35.4 Å². The second-order valence-corrected chi connectivity index (χ2v) is 9.29. The van der Waals surface area contributed by atoms with Crippen LogP contribution in [0, 0.1) is 0 Å². The van der Waals surface area contributed by atoms with Crippen LogP contribution in [0.15, 0.2) is 29.3 Å². The summed E-state index contributed by atoms with van der Waals surface area (Å²) in [6.45, 7) is 2.85. The van der Waals surface area contributed by atoms with E-state index in [1.54, 1.807) is 7.05 Å². The summed E-state index contributed by atoms with van der Waals surface area (Å²) in [6, 6.07) is 8.89. The number of sulfonamides is 1. The third-order valence-electron chi connectivity index (χ3n) is 5.55. The molecule has 0 amide bonds. The van der Waals surface area contributed by atoms with Gasteiger partial charge in [0.2, 0.25) is 10.0 Å². The zero-order valence-electron chi connectivity index (χ0n) is 15.8. The van der Waals surface area contributed by atoms with Gasteiger partial charge in [-0.25, -0.2) is 13.1 Å². The molecule has 1 saturated heterocycles. The summed E-state index contributed by atoms with van der Waals surface area (Å²) >= 11 is 0. The van der Waals surface area contributed by atoms with Crippen molar-refractivity contribution in [2.45, 2.75) is 37.5 Å². The van der Waals surface area contributed by atoms with Gasteiger partial charge in [-0.1, -0.05) is 24.3 Å². The summed E-state index contributed by atoms with van der Waals surface area (Å²) < 4.78 is 24.9. The average molecular weight is 379 g/mol. The maximum absolute atomic E-state index is 11.2. The lowest BCUT2D eigenvalue weighted by Crippen LogP contribution is -2.54. The fraction of sp³-hybridized carbons (Fsp3) is 0.632. The quantitative estimate of drug-likeness (QED) is 0.473. The minimum Gasteiger partial charge on any atom is -0.355 e. The van der Waals surface area contributed by atoms with Crippen molar-refractivity contribution >= 4 is 16.0 Å². The van der Waals surface area contributed by atoms with Crippen LogP contribution in [-0.4, -0.2) is 58.8 Å². The Morgan fingerprint density at radius 3 is 2.77 bits per heavy atom. The SMILES string of the molecule is CN=C(NCCNS(C)(=O)=O)N1CCCC2(CCCc3ccccc32)C1. The van der Waals surface area contributed by atoms with Crippen molar-refractivity contribution < 1.29 is 8.42 Å². The molecule has 26 heavy (non-hydrogen) atoms. The number of rotatable bonds is 4. The number of benzene rings is 1. The smallest absolute Gasteiger partial charge is 0.208 e. The van der Waals surface area contributed by atoms with Crippen LogP contribution in [0.4, 0.5) is 0 Å². The molecule has 7 heteroatoms. The number of hydrogen-bond donors (Lipinski definition) is 2. The zero-order valence-corrected chi connectivity index (χ0v) is 16.6. The summed E-state index contributed by atoms with van der Waals surface area (Å²) in [7, 11) is -1.36. The van der Waals surface area contributed by atoms with Crippen molar-refractivity contribution in [1.29, 1.82) is 0 Å². The summed E-state index contributed by atoms with van der Waals surface area (Å²) in [4.78, 5) is 6.77. The van der Waals surface area contributed by atoms with Crippen LogP contribution >= 0.6 is 0 Å². The molecule has 2 N–H and O–H groups in total. The number of nitrogens with one attached hydrogen (secondary N) is 2. The van der Waals surface area contributed by atoms with E-state index in [1.807, 2.05) is 0 Å². The largest absolute Gasteiger partial charge is 0.355 e. The van der Waals surface area contributed by atoms with Gasteiger partial charge in [-0.15, -0.1) is 0 Å². The van der Waals surface area contributed by atoms with Crippen LogP contribution in [0.5, 0.6) is 0 Å². The molecule has 0 bridgehead atoms. The molecule has 6 nitrogen and oxygen atoms in total. The van der Waals surface area contributed by atoms with Gasteiger partial charge in [0.05, 0.1) is 6.26 Å². The van der Waals surface area contributed by atoms with Crippen LogP contribution in [0.25, 0.3) is 0 Å². The number of aliphatic imine (C=N–C) groups is 1. The van der Waals surface area contributed by atoms with Crippen LogP contribution in [0.2, 0.25) is 0 Å². The van der Waals surface area contributed by atoms with Crippen molar-refractivity contribution in [1.82, 2.24) is 14.9 Å². The van der Waals surface area contributed by atoms with Crippen molar-refractivity contribution in [3.63, 3.8) is 0 Å². The number of guanidine groups is 1. The van der Waals surface area contributed by atoms with Gasteiger partial charge in [0.15, 0.2) is 5.96 Å². The molecule has 0 aromatic heterocycles. The molecule has 144 valence electrons. The van der Waals surface area contributed by atoms with Crippen molar-refractivity contribution in [2.24, 2.45) is 4.99 Å². The molecule has 1 aromatic rings. The number of aryl methyl sites for hydroxylation is 1. The van der Waals surface area contributed by atoms with E-state index >= 15 is 0 Å². The fourth-order valence-electron chi connectivity index (χ4n) is 4.49. The lowest BCUT2D eigenvalue weighted by molar-refractivity contribution is 0.188. The first-order valence-corrected chi connectivity index (χ1v) is 11.3. The van der Waals surface area contributed by atoms with Gasteiger partial charge in [0.1, 0.15) is 0 Å². The van der Waals surface area contributed by atoms with E-state index in [2.05, 4.69) is 44.2 Å². The van der Waals surface area contributed by atoms with Gasteiger partial charge >= 0.3 is 0 Å². The van der Waals surface area contributed by atoms with Gasteiger partial charge < -0.3 is 10.2 Å². The average Bonchev–Trinajstić information content (AvgIpc) is 2.61. The Morgan fingerprint density at radius 1 is 1.23 bits per heavy atom. The molecule has 1 spiro atoms. The first-order chi connectivity index (χ1) is 12.4. The van der Waals surface area contributed by atoms with E-state index in [0.717, 1.165) is 25.5 Å². The monoisotopic (exact) mass is 378 g/mol. The third kappa shape index (κ3) is 4.38. The van der Waals surface area contributed by atoms with Crippen LogP contribution < -0.4 is 10.0 Å². The highest BCUT2D eigenvalue weighted by Gasteiger charge is 2.40. The molecule has 1 heterocycles. The molecule has 1 aliphatic carbocycles. The molecular weight excluding hydrogens is 348 g/mol. The van der Waals surface area contributed by atoms with Gasteiger partial charge in [0, 0.05) is 38.6 Å². The van der Waals surface area contributed by atoms with Crippen LogP contribution in [0.3, 0.4) is 0 Å². The summed E-state index contributed by atoms with van der Waals surface area (Å²) in [5, 5.41) is 3.31. The number of piperidine rings is 1. The van der Waals surface area contributed by atoms with E-state index in [4.69, 9.17) is 0 Å². The maximum Gasteiger partial charge on any atom is 0.208 e. The Labute approximate surface area is 157 Å². The Bertz CT molecular complexity index is 763. The molecule has 1 unspecified atom stereocenters. The second-order valence-electron chi connectivity index (χ2n) is 7.46. The molecule has 1 fully saturated rings. The number of fused-ring (bicyclic) bond motifs is 2. The minimum absolute atomic E-state index is 0.218. The second kappa shape index (κ2) is 7.96.